The molecule has 2 N–H and O–H groups in total. The molecule has 6 heteroatoms. The molecule has 1 aliphatic carbocycles. The number of nitrogens with zero attached hydrogens (tertiary/aromatic N) is 3. The summed E-state index contributed by atoms with van der Waals surface area (Å²) in [5, 5.41) is 19.8. The van der Waals surface area contributed by atoms with Crippen LogP contribution in [0.25, 0.3) is 0 Å². The monoisotopic (exact) mass is 280 g/mol. The first kappa shape index (κ1) is 15.0. The maximum Gasteiger partial charge on any atom is 0.358 e. The quantitative estimate of drug-likeness (QED) is 0.797. The molecule has 1 aromatic rings. The normalized spacial score (nSPS) is 18.1. The predicted molar refractivity (Wildman–Crippen MR) is 75.6 cm³/mol. The van der Waals surface area contributed by atoms with Crippen molar-refractivity contribution in [2.75, 3.05) is 6.54 Å². The first-order valence-corrected chi connectivity index (χ1v) is 7.57. The van der Waals surface area contributed by atoms with E-state index in [2.05, 4.69) is 22.6 Å². The minimum Gasteiger partial charge on any atom is -0.476 e. The molecular formula is C14H24N4O2. The van der Waals surface area contributed by atoms with Crippen molar-refractivity contribution in [3.05, 3.63) is 11.9 Å². The fourth-order valence-corrected chi connectivity index (χ4v) is 3.05. The summed E-state index contributed by atoms with van der Waals surface area (Å²) >= 11 is 0. The molecule has 0 radical (unpaired) electrons. The Bertz CT molecular complexity index is 427. The van der Waals surface area contributed by atoms with Crippen LogP contribution in [0.2, 0.25) is 0 Å². The first-order chi connectivity index (χ1) is 9.70. The van der Waals surface area contributed by atoms with Gasteiger partial charge >= 0.3 is 5.97 Å². The topological polar surface area (TPSA) is 80.0 Å². The van der Waals surface area contributed by atoms with Gasteiger partial charge in [0.05, 0.1) is 12.7 Å². The van der Waals surface area contributed by atoms with E-state index in [-0.39, 0.29) is 5.69 Å². The number of aromatic carboxylic acids is 1. The van der Waals surface area contributed by atoms with Crippen molar-refractivity contribution in [1.82, 2.24) is 20.3 Å². The minimum absolute atomic E-state index is 0.00400. The van der Waals surface area contributed by atoms with Crippen molar-refractivity contribution in [1.29, 1.82) is 0 Å². The van der Waals surface area contributed by atoms with Gasteiger partial charge in [-0.2, -0.15) is 0 Å². The van der Waals surface area contributed by atoms with Crippen molar-refractivity contribution in [2.45, 2.75) is 58.0 Å². The smallest absolute Gasteiger partial charge is 0.358 e. The standard InChI is InChI=1S/C14H24N4O2/c1-2-12(11-6-4-3-5-7-11)15-8-9-18-10-13(14(19)20)16-17-18/h10-12,15H,2-9H2,1H3,(H,19,20). The number of carbonyl (C=O) groups is 1. The van der Waals surface area contributed by atoms with Gasteiger partial charge in [-0.1, -0.05) is 31.4 Å². The molecule has 0 saturated heterocycles. The zero-order chi connectivity index (χ0) is 14.4. The molecule has 1 aliphatic rings. The Morgan fingerprint density at radius 2 is 2.25 bits per heavy atom. The molecule has 1 atom stereocenters. The Morgan fingerprint density at radius 1 is 1.50 bits per heavy atom. The average molecular weight is 280 g/mol. The van der Waals surface area contributed by atoms with Crippen LogP contribution < -0.4 is 5.32 Å². The van der Waals surface area contributed by atoms with Crippen LogP contribution in [0.1, 0.15) is 55.9 Å². The van der Waals surface area contributed by atoms with E-state index < -0.39 is 5.97 Å². The maximum absolute atomic E-state index is 10.7. The van der Waals surface area contributed by atoms with Gasteiger partial charge in [0.1, 0.15) is 0 Å². The Balaban J connectivity index is 1.76. The Morgan fingerprint density at radius 3 is 2.85 bits per heavy atom. The third kappa shape index (κ3) is 4.03. The van der Waals surface area contributed by atoms with Crippen molar-refractivity contribution < 1.29 is 9.90 Å². The number of hydrogen-bond acceptors (Lipinski definition) is 4. The molecule has 112 valence electrons. The van der Waals surface area contributed by atoms with Crippen molar-refractivity contribution in [3.63, 3.8) is 0 Å². The molecule has 1 fully saturated rings. The summed E-state index contributed by atoms with van der Waals surface area (Å²) in [7, 11) is 0. The molecular weight excluding hydrogens is 256 g/mol. The summed E-state index contributed by atoms with van der Waals surface area (Å²) in [6, 6.07) is 0.567. The van der Waals surface area contributed by atoms with Gasteiger partial charge in [-0.05, 0) is 25.2 Å². The maximum atomic E-state index is 10.7. The summed E-state index contributed by atoms with van der Waals surface area (Å²) in [6.07, 6.45) is 9.37. The van der Waals surface area contributed by atoms with Crippen molar-refractivity contribution in [2.24, 2.45) is 5.92 Å². The van der Waals surface area contributed by atoms with Crippen LogP contribution in [0.15, 0.2) is 6.20 Å². The Labute approximate surface area is 119 Å². The zero-order valence-electron chi connectivity index (χ0n) is 12.1. The number of aromatic nitrogens is 3. The van der Waals surface area contributed by atoms with Crippen LogP contribution in [0.5, 0.6) is 0 Å². The lowest BCUT2D eigenvalue weighted by Gasteiger charge is -2.30. The molecule has 0 amide bonds. The lowest BCUT2D eigenvalue weighted by atomic mass is 9.83. The van der Waals surface area contributed by atoms with E-state index in [1.54, 1.807) is 4.68 Å². The van der Waals surface area contributed by atoms with Crippen LogP contribution in [0, 0.1) is 5.92 Å². The number of carboxylic acids is 1. The molecule has 1 unspecified atom stereocenters. The van der Waals surface area contributed by atoms with Crippen LogP contribution in [-0.4, -0.2) is 38.7 Å². The van der Waals surface area contributed by atoms with Crippen LogP contribution in [-0.2, 0) is 6.54 Å². The fourth-order valence-electron chi connectivity index (χ4n) is 3.05. The van der Waals surface area contributed by atoms with Crippen molar-refractivity contribution >= 4 is 5.97 Å². The third-order valence-corrected chi connectivity index (χ3v) is 4.16. The molecule has 0 aliphatic heterocycles. The number of hydrogen-bond donors (Lipinski definition) is 2. The second kappa shape index (κ2) is 7.38. The van der Waals surface area contributed by atoms with Gasteiger partial charge in [0.2, 0.25) is 0 Å². The van der Waals surface area contributed by atoms with Gasteiger partial charge in [-0.3, -0.25) is 4.68 Å². The second-order valence-electron chi connectivity index (χ2n) is 5.54. The van der Waals surface area contributed by atoms with Gasteiger partial charge in [0.15, 0.2) is 5.69 Å². The van der Waals surface area contributed by atoms with E-state index in [0.717, 1.165) is 18.9 Å². The Kier molecular flexibility index (Phi) is 5.52. The highest BCUT2D eigenvalue weighted by molar-refractivity contribution is 5.84. The highest BCUT2D eigenvalue weighted by Gasteiger charge is 2.21. The third-order valence-electron chi connectivity index (χ3n) is 4.16. The van der Waals surface area contributed by atoms with Crippen LogP contribution in [0.4, 0.5) is 0 Å². The van der Waals surface area contributed by atoms with Crippen LogP contribution in [0.3, 0.4) is 0 Å². The van der Waals surface area contributed by atoms with Crippen LogP contribution >= 0.6 is 0 Å². The molecule has 0 bridgehead atoms. The summed E-state index contributed by atoms with van der Waals surface area (Å²) in [4.78, 5) is 10.7. The number of rotatable bonds is 7. The first-order valence-electron chi connectivity index (χ1n) is 7.57. The fraction of sp³-hybridized carbons (Fsp3) is 0.786. The molecule has 0 spiro atoms. The van der Waals surface area contributed by atoms with Gasteiger partial charge in [-0.15, -0.1) is 5.10 Å². The predicted octanol–water partition coefficient (Wildman–Crippen LogP) is 1.92. The summed E-state index contributed by atoms with van der Waals surface area (Å²) < 4.78 is 1.59. The Hall–Kier alpha value is -1.43. The molecule has 6 nitrogen and oxygen atoms in total. The molecule has 20 heavy (non-hydrogen) atoms. The van der Waals surface area contributed by atoms with Gasteiger partial charge in [-0.25, -0.2) is 4.79 Å². The molecule has 1 aromatic heterocycles. The molecule has 0 aromatic carbocycles. The number of carboxylic acid groups (broad SMARTS) is 1. The van der Waals surface area contributed by atoms with E-state index in [0.29, 0.717) is 12.6 Å². The lowest BCUT2D eigenvalue weighted by molar-refractivity contribution is 0.0690. The largest absolute Gasteiger partial charge is 0.476 e. The van der Waals surface area contributed by atoms with Gasteiger partial charge < -0.3 is 10.4 Å². The summed E-state index contributed by atoms with van der Waals surface area (Å²) in [5.41, 5.74) is 0.00400. The van der Waals surface area contributed by atoms with E-state index in [1.165, 1.54) is 38.3 Å². The molecule has 1 heterocycles. The van der Waals surface area contributed by atoms with E-state index in [1.807, 2.05) is 0 Å². The highest BCUT2D eigenvalue weighted by Crippen LogP contribution is 2.27. The summed E-state index contributed by atoms with van der Waals surface area (Å²) in [5.74, 6) is -0.239. The number of nitrogens with one attached hydrogen (secondary N) is 1. The van der Waals surface area contributed by atoms with E-state index >= 15 is 0 Å². The average Bonchev–Trinajstić information content (AvgIpc) is 2.94. The highest BCUT2D eigenvalue weighted by atomic mass is 16.4. The molecule has 1 saturated carbocycles. The van der Waals surface area contributed by atoms with E-state index in [9.17, 15) is 4.79 Å². The molecule has 2 rings (SSSR count). The van der Waals surface area contributed by atoms with E-state index in [4.69, 9.17) is 5.11 Å². The second-order valence-corrected chi connectivity index (χ2v) is 5.54. The minimum atomic E-state index is -1.03. The van der Waals surface area contributed by atoms with Gasteiger partial charge in [0, 0.05) is 12.6 Å². The zero-order valence-corrected chi connectivity index (χ0v) is 12.1. The van der Waals surface area contributed by atoms with Crippen molar-refractivity contribution in [3.8, 4) is 0 Å². The van der Waals surface area contributed by atoms with Gasteiger partial charge in [0.25, 0.3) is 0 Å². The summed E-state index contributed by atoms with van der Waals surface area (Å²) in [6.45, 7) is 3.69. The SMILES string of the molecule is CCC(NCCn1cc(C(=O)O)nn1)C1CCCCC1. The lowest BCUT2D eigenvalue weighted by Crippen LogP contribution is -2.38.